The van der Waals surface area contributed by atoms with Crippen LogP contribution in [0.25, 0.3) is 99.5 Å². The fourth-order valence-electron chi connectivity index (χ4n) is 14.1. The fraction of sp³-hybridized carbons (Fsp3) is 0.152. The molecule has 2 aliphatic rings. The van der Waals surface area contributed by atoms with Crippen molar-refractivity contribution in [1.29, 1.82) is 0 Å². The van der Waals surface area contributed by atoms with Crippen LogP contribution in [0, 0.1) is 13.7 Å². The standard InChI is InChI=1S/C92H79BN4/c1-58-40-46-81-75(48-58)69-36-24-26-38-79(69)94(81)67-42-44-77-83(56-67)96(88-71(60-28-16-12-17-29-60)50-64(90(3,4)5)51-72(88)61-30-18-13-19-31-61)85-54-66(92(9,10)11)55-86-87(85)93(77)78-45-43-68(95-80-39-27-25-37-70(80)76-49-59(2)41-47-82(76)95)57-84(78)97(86)89-73(62-32-20-14-21-33-62)52-65(91(6,7)8)53-74(89)63-34-22-15-23-35-63/h12-57H,1-11H3/i1D3,2D3,24D,25D,26D,27D,36D,37D,38D,39D,40D,41D,42D,43D,44D,45D,46D,47D,48D,49D,56D,57D. The van der Waals surface area contributed by atoms with Crippen molar-refractivity contribution >= 4 is 101 Å². The Labute approximate surface area is 608 Å². The van der Waals surface area contributed by atoms with Gasteiger partial charge in [0.1, 0.15) is 0 Å². The molecule has 0 unspecified atom stereocenters. The van der Waals surface area contributed by atoms with E-state index in [4.69, 9.17) is 11.0 Å². The first-order chi connectivity index (χ1) is 57.7. The van der Waals surface area contributed by atoms with Gasteiger partial charge in [-0.1, -0.05) is 255 Å². The lowest BCUT2D eigenvalue weighted by Gasteiger charge is -2.47. The fourth-order valence-corrected chi connectivity index (χ4v) is 14.1. The number of nitrogens with zero attached hydrogens (tertiary/aromatic N) is 4. The Hall–Kier alpha value is -10.9. The molecule has 0 saturated heterocycles. The van der Waals surface area contributed by atoms with E-state index in [-0.39, 0.29) is 39.1 Å². The van der Waals surface area contributed by atoms with Gasteiger partial charge < -0.3 is 18.9 Å². The number of para-hydroxylation sites is 2. The maximum absolute atomic E-state index is 11.7. The summed E-state index contributed by atoms with van der Waals surface area (Å²) in [6.45, 7) is 10.1. The molecule has 0 bridgehead atoms. The zero-order valence-electron chi connectivity index (χ0n) is 80.9. The smallest absolute Gasteiger partial charge is 0.252 e. The molecule has 13 aromatic carbocycles. The minimum atomic E-state index is -3.26. The monoisotopic (exact) mass is 1280 g/mol. The van der Waals surface area contributed by atoms with Crippen LogP contribution in [-0.2, 0) is 16.2 Å². The SMILES string of the molecule is [2H]c1c([2H])c(-n2c3c([2H])c([2H])c([2H])c([2H])c3c3c([2H])c(C([2H])([2H])[2H])c([2H])c([2H])c32)c([2H])c2c1B1c3c(cc(C(C)(C)C)cc3N(c3c(-c4ccccc4)cc(C(C)(C)C)cc3-c3ccccc3)c3c([2H])c(-n4c5c([2H])c([2H])c([2H])c([2H])c5c5c([2H])c(C([2H])([2H])[2H])c([2H])c([2H])c54)c([2H])c([2H])c31)N2c1c(-c2ccccc2)cc(C(C)(C)C)cc1-c1ccccc1. The van der Waals surface area contributed by atoms with Crippen molar-refractivity contribution in [3.8, 4) is 55.9 Å². The van der Waals surface area contributed by atoms with E-state index in [0.717, 1.165) is 20.3 Å². The summed E-state index contributed by atoms with van der Waals surface area (Å²) in [7, 11) is 0. The van der Waals surface area contributed by atoms with Crippen LogP contribution in [0.4, 0.5) is 34.1 Å². The zero-order valence-corrected chi connectivity index (χ0v) is 54.9. The Morgan fingerprint density at radius 2 is 0.660 bits per heavy atom. The maximum Gasteiger partial charge on any atom is 0.252 e. The van der Waals surface area contributed by atoms with Crippen molar-refractivity contribution < 1.29 is 35.6 Å². The van der Waals surface area contributed by atoms with Gasteiger partial charge in [0.2, 0.25) is 0 Å². The van der Waals surface area contributed by atoms with Crippen molar-refractivity contribution in [1.82, 2.24) is 9.13 Å². The van der Waals surface area contributed by atoms with Crippen LogP contribution in [0.3, 0.4) is 0 Å². The predicted molar refractivity (Wildman–Crippen MR) is 416 cm³/mol. The summed E-state index contributed by atoms with van der Waals surface area (Å²) >= 11 is 0. The highest BCUT2D eigenvalue weighted by Crippen LogP contribution is 2.56. The first-order valence-electron chi connectivity index (χ1n) is 45.4. The molecule has 470 valence electrons. The molecular formula is C92H79BN4. The second-order valence-corrected chi connectivity index (χ2v) is 28.1. The molecule has 0 fully saturated rings. The molecule has 2 aromatic heterocycles. The van der Waals surface area contributed by atoms with Crippen LogP contribution in [0.15, 0.2) is 279 Å². The normalized spacial score (nSPS) is 17.1. The highest BCUT2D eigenvalue weighted by molar-refractivity contribution is 7.00. The summed E-state index contributed by atoms with van der Waals surface area (Å²) in [6.07, 6.45) is 0. The maximum atomic E-state index is 11.7. The number of hydrogen-bond acceptors (Lipinski definition) is 2. The van der Waals surface area contributed by atoms with Gasteiger partial charge in [0, 0.05) is 86.1 Å². The van der Waals surface area contributed by atoms with Crippen molar-refractivity contribution in [3.05, 3.63) is 306 Å². The van der Waals surface area contributed by atoms with Crippen LogP contribution < -0.4 is 26.2 Å². The second-order valence-electron chi connectivity index (χ2n) is 28.1. The van der Waals surface area contributed by atoms with Crippen molar-refractivity contribution in [3.63, 3.8) is 0 Å². The largest absolute Gasteiger partial charge is 0.310 e. The lowest BCUT2D eigenvalue weighted by Crippen LogP contribution is -2.61. The predicted octanol–water partition coefficient (Wildman–Crippen LogP) is 23.1. The average molecular weight is 1280 g/mol. The van der Waals surface area contributed by atoms with E-state index < -0.39 is 224 Å². The number of aromatic nitrogens is 2. The summed E-state index contributed by atoms with van der Waals surface area (Å²) in [5.41, 5.74) is 0.0363. The summed E-state index contributed by atoms with van der Waals surface area (Å²) in [6, 6.07) is 33.1. The lowest BCUT2D eigenvalue weighted by atomic mass is 9.33. The Kier molecular flexibility index (Phi) is 8.77. The van der Waals surface area contributed by atoms with E-state index in [1.165, 1.54) is 0 Å². The third-order valence-corrected chi connectivity index (χ3v) is 18.9. The number of fused-ring (bicyclic) bond motifs is 10. The molecule has 0 aliphatic carbocycles. The molecule has 0 atom stereocenters. The van der Waals surface area contributed by atoms with Gasteiger partial charge in [-0.05, 0) is 182 Å². The van der Waals surface area contributed by atoms with Gasteiger partial charge in [0.25, 0.3) is 6.71 Å². The van der Waals surface area contributed by atoms with Gasteiger partial charge >= 0.3 is 0 Å². The minimum absolute atomic E-state index is 0.227. The molecule has 2 aliphatic heterocycles. The third kappa shape index (κ3) is 9.79. The highest BCUT2D eigenvalue weighted by atomic mass is 15.2. The van der Waals surface area contributed by atoms with E-state index >= 15 is 0 Å². The number of rotatable bonds is 8. The summed E-state index contributed by atoms with van der Waals surface area (Å²) in [5.74, 6) is 0. The van der Waals surface area contributed by atoms with Crippen molar-refractivity contribution in [2.75, 3.05) is 9.80 Å². The van der Waals surface area contributed by atoms with Crippen LogP contribution >= 0.6 is 0 Å². The first kappa shape index (κ1) is 38.0. The van der Waals surface area contributed by atoms with Crippen molar-refractivity contribution in [2.24, 2.45) is 0 Å². The van der Waals surface area contributed by atoms with E-state index in [1.807, 2.05) is 188 Å². The summed E-state index contributed by atoms with van der Waals surface area (Å²) in [4.78, 5) is 3.66. The Morgan fingerprint density at radius 3 is 1.00 bits per heavy atom. The summed E-state index contributed by atoms with van der Waals surface area (Å²) < 4.78 is 257. The highest BCUT2D eigenvalue weighted by Gasteiger charge is 2.47. The van der Waals surface area contributed by atoms with E-state index in [9.17, 15) is 24.7 Å². The van der Waals surface area contributed by atoms with Crippen LogP contribution in [0.1, 0.15) is 126 Å². The average Bonchev–Trinajstić information content (AvgIpc) is 1.60. The van der Waals surface area contributed by atoms with Crippen LogP contribution in [0.2, 0.25) is 0 Å². The molecule has 0 saturated carbocycles. The molecule has 0 spiro atoms. The molecule has 0 amide bonds. The third-order valence-electron chi connectivity index (χ3n) is 18.9. The zero-order chi connectivity index (χ0) is 88.8. The van der Waals surface area contributed by atoms with Crippen LogP contribution in [-0.4, -0.2) is 15.8 Å². The molecule has 4 nitrogen and oxygen atoms in total. The topological polar surface area (TPSA) is 16.3 Å². The van der Waals surface area contributed by atoms with Gasteiger partial charge in [0.05, 0.1) is 60.9 Å². The van der Waals surface area contributed by atoms with Gasteiger partial charge in [-0.25, -0.2) is 0 Å². The molecule has 4 heterocycles. The second kappa shape index (κ2) is 22.4. The Bertz CT molecular complexity index is 6610. The minimum Gasteiger partial charge on any atom is -0.310 e. The molecular weight excluding hydrogens is 1170 g/mol. The van der Waals surface area contributed by atoms with Gasteiger partial charge in [-0.3, -0.25) is 0 Å². The van der Waals surface area contributed by atoms with Crippen LogP contribution in [0.5, 0.6) is 0 Å². The van der Waals surface area contributed by atoms with Gasteiger partial charge in [-0.2, -0.15) is 0 Å². The molecule has 0 N–H and O–H groups in total. The van der Waals surface area contributed by atoms with E-state index in [0.29, 0.717) is 61.4 Å². The molecule has 15 aromatic rings. The number of benzene rings is 13. The number of anilines is 6. The Morgan fingerprint density at radius 1 is 0.330 bits per heavy atom. The van der Waals surface area contributed by atoms with E-state index in [1.54, 1.807) is 0 Å². The van der Waals surface area contributed by atoms with Crippen molar-refractivity contribution in [2.45, 2.75) is 92.3 Å². The molecule has 5 heteroatoms. The lowest BCUT2D eigenvalue weighted by molar-refractivity contribution is 0.590. The molecule has 97 heavy (non-hydrogen) atoms. The summed E-state index contributed by atoms with van der Waals surface area (Å²) in [5, 5.41) is -2.04. The molecule has 0 radical (unpaired) electrons. The molecule has 17 rings (SSSR count). The number of hydrogen-bond donors (Lipinski definition) is 0. The van der Waals surface area contributed by atoms with E-state index in [2.05, 4.69) is 41.5 Å². The Balaban J connectivity index is 1.18. The first-order valence-corrected chi connectivity index (χ1v) is 32.4. The quantitative estimate of drug-likeness (QED) is 0.141. The van der Waals surface area contributed by atoms with Gasteiger partial charge in [0.15, 0.2) is 0 Å². The van der Waals surface area contributed by atoms with Gasteiger partial charge in [-0.15, -0.1) is 0 Å².